The van der Waals surface area contributed by atoms with Crippen LogP contribution in [0, 0.1) is 5.82 Å². The van der Waals surface area contributed by atoms with E-state index in [2.05, 4.69) is 10.0 Å². The molecule has 21 heavy (non-hydrogen) atoms. The van der Waals surface area contributed by atoms with Crippen LogP contribution in [0.15, 0.2) is 24.3 Å². The molecule has 0 aromatic heterocycles. The summed E-state index contributed by atoms with van der Waals surface area (Å²) in [5.41, 5.74) is -0.0527. The largest absolute Gasteiger partial charge is 0.355 e. The van der Waals surface area contributed by atoms with Gasteiger partial charge in [0.05, 0.1) is 11.3 Å². The standard InChI is InChI=1S/C13H17FN2O4S/c1-15-21(19,20)9-8-16-13(18)7-6-12(17)10-4-2-3-5-11(10)14/h2-5,15H,6-9H2,1H3,(H,16,18). The van der Waals surface area contributed by atoms with Crippen molar-refractivity contribution in [2.45, 2.75) is 12.8 Å². The lowest BCUT2D eigenvalue weighted by atomic mass is 10.1. The number of nitrogens with one attached hydrogen (secondary N) is 2. The number of amides is 1. The molecule has 1 amide bonds. The van der Waals surface area contributed by atoms with Crippen LogP contribution in [0.4, 0.5) is 4.39 Å². The summed E-state index contributed by atoms with van der Waals surface area (Å²) < 4.78 is 37.7. The third kappa shape index (κ3) is 6.01. The highest BCUT2D eigenvalue weighted by molar-refractivity contribution is 7.89. The predicted octanol–water partition coefficient (Wildman–Crippen LogP) is 0.454. The maximum atomic E-state index is 13.3. The van der Waals surface area contributed by atoms with E-state index in [-0.39, 0.29) is 30.7 Å². The number of carbonyl (C=O) groups excluding carboxylic acids is 2. The van der Waals surface area contributed by atoms with E-state index in [1.165, 1.54) is 25.2 Å². The number of halogens is 1. The molecule has 6 nitrogen and oxygen atoms in total. The van der Waals surface area contributed by atoms with Crippen LogP contribution in [0.1, 0.15) is 23.2 Å². The first-order valence-electron chi connectivity index (χ1n) is 6.31. The minimum atomic E-state index is -3.38. The molecule has 2 N–H and O–H groups in total. The highest BCUT2D eigenvalue weighted by atomic mass is 32.2. The fourth-order valence-corrected chi connectivity index (χ4v) is 2.14. The van der Waals surface area contributed by atoms with Crippen LogP contribution in [0.3, 0.4) is 0 Å². The molecule has 0 heterocycles. The predicted molar refractivity (Wildman–Crippen MR) is 75.8 cm³/mol. The Kier molecular flexibility index (Phi) is 6.44. The molecule has 1 aromatic carbocycles. The molecule has 0 saturated heterocycles. The van der Waals surface area contributed by atoms with Crippen molar-refractivity contribution in [3.8, 4) is 0 Å². The van der Waals surface area contributed by atoms with Gasteiger partial charge >= 0.3 is 0 Å². The highest BCUT2D eigenvalue weighted by Gasteiger charge is 2.13. The van der Waals surface area contributed by atoms with Gasteiger partial charge in [0.25, 0.3) is 0 Å². The maximum absolute atomic E-state index is 13.3. The number of rotatable bonds is 8. The van der Waals surface area contributed by atoms with Gasteiger partial charge in [-0.3, -0.25) is 9.59 Å². The van der Waals surface area contributed by atoms with Crippen molar-refractivity contribution in [1.82, 2.24) is 10.0 Å². The summed E-state index contributed by atoms with van der Waals surface area (Å²) in [6.07, 6.45) is -0.252. The van der Waals surface area contributed by atoms with E-state index in [4.69, 9.17) is 0 Å². The first kappa shape index (κ1) is 17.3. The number of carbonyl (C=O) groups is 2. The third-order valence-corrected chi connectivity index (χ3v) is 4.12. The van der Waals surface area contributed by atoms with Gasteiger partial charge in [-0.25, -0.2) is 17.5 Å². The number of ketones is 1. The zero-order valence-corrected chi connectivity index (χ0v) is 12.4. The van der Waals surface area contributed by atoms with Gasteiger partial charge in [0.1, 0.15) is 5.82 Å². The summed E-state index contributed by atoms with van der Waals surface area (Å²) >= 11 is 0. The SMILES string of the molecule is CNS(=O)(=O)CCNC(=O)CCC(=O)c1ccccc1F. The average Bonchev–Trinajstić information content (AvgIpc) is 2.45. The smallest absolute Gasteiger partial charge is 0.220 e. The van der Waals surface area contributed by atoms with Gasteiger partial charge in [-0.15, -0.1) is 0 Å². The van der Waals surface area contributed by atoms with Crippen LogP contribution in [0.25, 0.3) is 0 Å². The van der Waals surface area contributed by atoms with Crippen molar-refractivity contribution in [1.29, 1.82) is 0 Å². The maximum Gasteiger partial charge on any atom is 0.220 e. The van der Waals surface area contributed by atoms with E-state index in [0.29, 0.717) is 0 Å². The zero-order valence-electron chi connectivity index (χ0n) is 11.6. The minimum absolute atomic E-state index is 0.0457. The Hall–Kier alpha value is -1.80. The monoisotopic (exact) mass is 316 g/mol. The van der Waals surface area contributed by atoms with Crippen molar-refractivity contribution >= 4 is 21.7 Å². The van der Waals surface area contributed by atoms with E-state index < -0.39 is 27.5 Å². The van der Waals surface area contributed by atoms with Crippen LogP contribution < -0.4 is 10.0 Å². The first-order chi connectivity index (χ1) is 9.85. The molecule has 0 aliphatic carbocycles. The lowest BCUT2D eigenvalue weighted by Crippen LogP contribution is -2.33. The van der Waals surface area contributed by atoms with Gasteiger partial charge in [0.2, 0.25) is 15.9 Å². The van der Waals surface area contributed by atoms with Crippen molar-refractivity contribution in [3.05, 3.63) is 35.6 Å². The summed E-state index contributed by atoms with van der Waals surface area (Å²) in [7, 11) is -2.09. The lowest BCUT2D eigenvalue weighted by Gasteiger charge is -2.06. The zero-order chi connectivity index (χ0) is 15.9. The van der Waals surface area contributed by atoms with Crippen LogP contribution in [-0.2, 0) is 14.8 Å². The van der Waals surface area contributed by atoms with E-state index >= 15 is 0 Å². The quantitative estimate of drug-likeness (QED) is 0.681. The Morgan fingerprint density at radius 2 is 1.86 bits per heavy atom. The molecule has 1 rings (SSSR count). The fraction of sp³-hybridized carbons (Fsp3) is 0.385. The van der Waals surface area contributed by atoms with Gasteiger partial charge in [-0.2, -0.15) is 0 Å². The number of benzene rings is 1. The normalized spacial score (nSPS) is 11.1. The number of sulfonamides is 1. The van der Waals surface area contributed by atoms with E-state index in [9.17, 15) is 22.4 Å². The molecule has 0 saturated carbocycles. The first-order valence-corrected chi connectivity index (χ1v) is 7.96. The molecule has 0 aliphatic heterocycles. The van der Waals surface area contributed by atoms with Gasteiger partial charge in [-0.1, -0.05) is 12.1 Å². The molecule has 0 radical (unpaired) electrons. The second kappa shape index (κ2) is 7.84. The molecule has 0 bridgehead atoms. The summed E-state index contributed by atoms with van der Waals surface area (Å²) in [5.74, 6) is -1.78. The van der Waals surface area contributed by atoms with Crippen LogP contribution in [0.5, 0.6) is 0 Å². The summed E-state index contributed by atoms with van der Waals surface area (Å²) in [4.78, 5) is 23.2. The van der Waals surface area contributed by atoms with Crippen molar-refractivity contribution in [2.75, 3.05) is 19.3 Å². The van der Waals surface area contributed by atoms with Crippen molar-refractivity contribution in [2.24, 2.45) is 0 Å². The summed E-state index contributed by atoms with van der Waals surface area (Å²) in [6.45, 7) is -0.0457. The average molecular weight is 316 g/mol. The second-order valence-electron chi connectivity index (χ2n) is 4.28. The van der Waals surface area contributed by atoms with Gasteiger partial charge < -0.3 is 5.32 Å². The Morgan fingerprint density at radius 3 is 2.48 bits per heavy atom. The van der Waals surface area contributed by atoms with E-state index in [1.807, 2.05) is 0 Å². The highest BCUT2D eigenvalue weighted by Crippen LogP contribution is 2.10. The summed E-state index contributed by atoms with van der Waals surface area (Å²) in [5, 5.41) is 2.39. The third-order valence-electron chi connectivity index (χ3n) is 2.76. The van der Waals surface area contributed by atoms with Gasteiger partial charge in [-0.05, 0) is 19.2 Å². The Balaban J connectivity index is 2.37. The number of hydrogen-bond acceptors (Lipinski definition) is 4. The van der Waals surface area contributed by atoms with Crippen molar-refractivity contribution in [3.63, 3.8) is 0 Å². The lowest BCUT2D eigenvalue weighted by molar-refractivity contribution is -0.120. The van der Waals surface area contributed by atoms with Crippen molar-refractivity contribution < 1.29 is 22.4 Å². The molecule has 8 heteroatoms. The van der Waals surface area contributed by atoms with Gasteiger partial charge in [0, 0.05) is 19.4 Å². The molecule has 0 fully saturated rings. The van der Waals surface area contributed by atoms with E-state index in [0.717, 1.165) is 0 Å². The molecule has 1 aromatic rings. The van der Waals surface area contributed by atoms with Crippen LogP contribution in [-0.4, -0.2) is 39.5 Å². The number of Topliss-reactive ketones (excluding diaryl/α,β-unsaturated/α-hetero) is 1. The Bertz CT molecular complexity index is 616. The van der Waals surface area contributed by atoms with Gasteiger partial charge in [0.15, 0.2) is 5.78 Å². The minimum Gasteiger partial charge on any atom is -0.355 e. The Labute approximate surface area is 122 Å². The van der Waals surface area contributed by atoms with Crippen LogP contribution in [0.2, 0.25) is 0 Å². The van der Waals surface area contributed by atoms with Crippen LogP contribution >= 0.6 is 0 Å². The Morgan fingerprint density at radius 1 is 1.19 bits per heavy atom. The molecular formula is C13H17FN2O4S. The molecular weight excluding hydrogens is 299 g/mol. The molecule has 0 atom stereocenters. The molecule has 0 aliphatic rings. The summed E-state index contributed by atoms with van der Waals surface area (Å²) in [6, 6.07) is 5.55. The topological polar surface area (TPSA) is 92.3 Å². The molecule has 0 spiro atoms. The van der Waals surface area contributed by atoms with E-state index in [1.54, 1.807) is 6.07 Å². The number of hydrogen-bond donors (Lipinski definition) is 2. The molecule has 116 valence electrons. The second-order valence-corrected chi connectivity index (χ2v) is 6.32. The molecule has 0 unspecified atom stereocenters. The fourth-order valence-electron chi connectivity index (χ4n) is 1.56.